The minimum Gasteiger partial charge on any atom is -0.389 e. The second-order valence-corrected chi connectivity index (χ2v) is 3.19. The fourth-order valence-electron chi connectivity index (χ4n) is 1.86. The van der Waals surface area contributed by atoms with Crippen LogP contribution >= 0.6 is 0 Å². The third kappa shape index (κ3) is 1.10. The molecule has 0 heterocycles. The predicted octanol–water partition coefficient (Wildman–Crippen LogP) is 2.11. The zero-order valence-corrected chi connectivity index (χ0v) is 6.64. The molecule has 0 aromatic heterocycles. The molecule has 1 rings (SSSR count). The van der Waals surface area contributed by atoms with Crippen LogP contribution in [-0.4, -0.2) is 10.7 Å². The van der Waals surface area contributed by atoms with Crippen molar-refractivity contribution in [3.8, 4) is 0 Å². The normalized spacial score (nSPS) is 40.0. The van der Waals surface area contributed by atoms with Gasteiger partial charge in [-0.1, -0.05) is 13.0 Å². The van der Waals surface area contributed by atoms with Crippen LogP contribution in [0, 0.1) is 5.92 Å². The highest BCUT2D eigenvalue weighted by Crippen LogP contribution is 2.38. The molecule has 0 aromatic carbocycles. The molecule has 1 N–H and O–H groups in total. The number of rotatable bonds is 2. The average Bonchev–Trinajstić information content (AvgIpc) is 2.32. The molecule has 1 heteroatoms. The van der Waals surface area contributed by atoms with Crippen molar-refractivity contribution in [3.63, 3.8) is 0 Å². The smallest absolute Gasteiger partial charge is 0.0707 e. The molecule has 1 fully saturated rings. The van der Waals surface area contributed by atoms with Gasteiger partial charge in [0.1, 0.15) is 0 Å². The quantitative estimate of drug-likeness (QED) is 0.582. The molecular formula is C9H16O. The second kappa shape index (κ2) is 2.75. The molecule has 1 nitrogen and oxygen atoms in total. The fraction of sp³-hybridized carbons (Fsp3) is 0.778. The maximum absolute atomic E-state index is 9.89. The first-order valence-electron chi connectivity index (χ1n) is 4.08. The second-order valence-electron chi connectivity index (χ2n) is 3.19. The largest absolute Gasteiger partial charge is 0.389 e. The lowest BCUT2D eigenvalue weighted by Gasteiger charge is -2.26. The van der Waals surface area contributed by atoms with Gasteiger partial charge in [0.15, 0.2) is 0 Å². The molecule has 0 aromatic rings. The lowest BCUT2D eigenvalue weighted by molar-refractivity contribution is 0.0157. The van der Waals surface area contributed by atoms with Gasteiger partial charge in [-0.15, -0.1) is 6.58 Å². The molecule has 0 aliphatic heterocycles. The van der Waals surface area contributed by atoms with Crippen LogP contribution in [0.3, 0.4) is 0 Å². The Bertz CT molecular complexity index is 131. The van der Waals surface area contributed by atoms with Gasteiger partial charge in [0.05, 0.1) is 5.60 Å². The van der Waals surface area contributed by atoms with E-state index in [0.717, 1.165) is 25.7 Å². The van der Waals surface area contributed by atoms with E-state index < -0.39 is 5.60 Å². The molecule has 58 valence electrons. The Morgan fingerprint density at radius 1 is 1.80 bits per heavy atom. The van der Waals surface area contributed by atoms with Gasteiger partial charge in [-0.3, -0.25) is 0 Å². The Balaban J connectivity index is 2.64. The van der Waals surface area contributed by atoms with Crippen LogP contribution in [0.5, 0.6) is 0 Å². The fourth-order valence-corrected chi connectivity index (χ4v) is 1.86. The monoisotopic (exact) mass is 140 g/mol. The molecule has 1 aliphatic carbocycles. The maximum atomic E-state index is 9.89. The highest BCUT2D eigenvalue weighted by molar-refractivity contribution is 4.99. The van der Waals surface area contributed by atoms with Crippen molar-refractivity contribution in [3.05, 3.63) is 12.7 Å². The minimum atomic E-state index is -0.415. The van der Waals surface area contributed by atoms with E-state index in [-0.39, 0.29) is 0 Å². The number of aliphatic hydroxyl groups is 1. The van der Waals surface area contributed by atoms with Crippen molar-refractivity contribution in [1.82, 2.24) is 0 Å². The maximum Gasteiger partial charge on any atom is 0.0707 e. The molecule has 0 spiro atoms. The molecule has 0 bridgehead atoms. The highest BCUT2D eigenvalue weighted by atomic mass is 16.3. The zero-order valence-electron chi connectivity index (χ0n) is 6.64. The topological polar surface area (TPSA) is 20.2 Å². The molecule has 0 saturated heterocycles. The van der Waals surface area contributed by atoms with Crippen LogP contribution in [0.2, 0.25) is 0 Å². The van der Waals surface area contributed by atoms with Crippen LogP contribution < -0.4 is 0 Å². The summed E-state index contributed by atoms with van der Waals surface area (Å²) < 4.78 is 0. The van der Waals surface area contributed by atoms with E-state index in [2.05, 4.69) is 6.58 Å². The van der Waals surface area contributed by atoms with Crippen molar-refractivity contribution in [2.75, 3.05) is 0 Å². The van der Waals surface area contributed by atoms with Crippen LogP contribution in [-0.2, 0) is 0 Å². The molecule has 0 unspecified atom stereocenters. The van der Waals surface area contributed by atoms with E-state index >= 15 is 0 Å². The van der Waals surface area contributed by atoms with Crippen molar-refractivity contribution in [2.24, 2.45) is 5.92 Å². The Hall–Kier alpha value is -0.300. The van der Waals surface area contributed by atoms with E-state index in [1.165, 1.54) is 0 Å². The van der Waals surface area contributed by atoms with Gasteiger partial charge in [0.25, 0.3) is 0 Å². The third-order valence-electron chi connectivity index (χ3n) is 2.71. The summed E-state index contributed by atoms with van der Waals surface area (Å²) in [6.07, 6.45) is 6.00. The Morgan fingerprint density at radius 2 is 2.50 bits per heavy atom. The van der Waals surface area contributed by atoms with Crippen LogP contribution in [0.4, 0.5) is 0 Å². The molecule has 1 aliphatic rings. The number of hydrogen-bond donors (Lipinski definition) is 1. The van der Waals surface area contributed by atoms with Gasteiger partial charge < -0.3 is 5.11 Å². The van der Waals surface area contributed by atoms with E-state index in [1.807, 2.05) is 13.0 Å². The zero-order chi connectivity index (χ0) is 7.61. The summed E-state index contributed by atoms with van der Waals surface area (Å²) in [6.45, 7) is 5.77. The Morgan fingerprint density at radius 3 is 2.90 bits per heavy atom. The minimum absolute atomic E-state index is 0.345. The van der Waals surface area contributed by atoms with E-state index in [1.54, 1.807) is 0 Å². The van der Waals surface area contributed by atoms with Gasteiger partial charge in [0.2, 0.25) is 0 Å². The molecule has 2 atom stereocenters. The molecule has 0 radical (unpaired) electrons. The Kier molecular flexibility index (Phi) is 2.14. The van der Waals surface area contributed by atoms with Gasteiger partial charge in [-0.05, 0) is 25.7 Å². The van der Waals surface area contributed by atoms with Gasteiger partial charge in [-0.25, -0.2) is 0 Å². The molecule has 0 amide bonds. The van der Waals surface area contributed by atoms with Crippen molar-refractivity contribution < 1.29 is 5.11 Å². The van der Waals surface area contributed by atoms with Crippen molar-refractivity contribution in [1.29, 1.82) is 0 Å². The van der Waals surface area contributed by atoms with Crippen LogP contribution in [0.25, 0.3) is 0 Å². The first kappa shape index (κ1) is 7.80. The van der Waals surface area contributed by atoms with Crippen molar-refractivity contribution in [2.45, 2.75) is 38.2 Å². The summed E-state index contributed by atoms with van der Waals surface area (Å²) in [5.41, 5.74) is -0.415. The van der Waals surface area contributed by atoms with E-state index in [4.69, 9.17) is 0 Å². The SMILES string of the molecule is C=C[C@@H]1CCC[C@@]1(O)CC. The van der Waals surface area contributed by atoms with Crippen LogP contribution in [0.1, 0.15) is 32.6 Å². The summed E-state index contributed by atoms with van der Waals surface area (Å²) in [5, 5.41) is 9.89. The summed E-state index contributed by atoms with van der Waals surface area (Å²) in [4.78, 5) is 0. The van der Waals surface area contributed by atoms with Crippen molar-refractivity contribution >= 4 is 0 Å². The lowest BCUT2D eigenvalue weighted by Crippen LogP contribution is -2.30. The third-order valence-corrected chi connectivity index (χ3v) is 2.71. The van der Waals surface area contributed by atoms with Gasteiger partial charge in [0, 0.05) is 5.92 Å². The summed E-state index contributed by atoms with van der Waals surface area (Å²) >= 11 is 0. The molecule has 1 saturated carbocycles. The van der Waals surface area contributed by atoms with E-state index in [9.17, 15) is 5.11 Å². The average molecular weight is 140 g/mol. The van der Waals surface area contributed by atoms with Gasteiger partial charge >= 0.3 is 0 Å². The van der Waals surface area contributed by atoms with Crippen LogP contribution in [0.15, 0.2) is 12.7 Å². The van der Waals surface area contributed by atoms with E-state index in [0.29, 0.717) is 5.92 Å². The number of hydrogen-bond acceptors (Lipinski definition) is 1. The standard InChI is InChI=1S/C9H16O/c1-3-8-6-5-7-9(8,10)4-2/h3,8,10H,1,4-7H2,2H3/t8-,9+/m1/s1. The molecule has 10 heavy (non-hydrogen) atoms. The first-order chi connectivity index (χ1) is 4.73. The lowest BCUT2D eigenvalue weighted by atomic mass is 9.89. The first-order valence-corrected chi connectivity index (χ1v) is 4.08. The predicted molar refractivity (Wildman–Crippen MR) is 42.8 cm³/mol. The molecular weight excluding hydrogens is 124 g/mol. The highest BCUT2D eigenvalue weighted by Gasteiger charge is 2.37. The summed E-state index contributed by atoms with van der Waals surface area (Å²) in [6, 6.07) is 0. The summed E-state index contributed by atoms with van der Waals surface area (Å²) in [5.74, 6) is 0.345. The summed E-state index contributed by atoms with van der Waals surface area (Å²) in [7, 11) is 0. The Labute approximate surface area is 62.8 Å². The van der Waals surface area contributed by atoms with Gasteiger partial charge in [-0.2, -0.15) is 0 Å².